The summed E-state index contributed by atoms with van der Waals surface area (Å²) in [5.74, 6) is 0.808. The lowest BCUT2D eigenvalue weighted by Crippen LogP contribution is -2.23. The molecule has 11 heavy (non-hydrogen) atoms. The minimum Gasteiger partial charge on any atom is -0.299 e. The molecule has 2 bridgehead atoms. The van der Waals surface area contributed by atoms with Gasteiger partial charge in [0.25, 0.3) is 0 Å². The highest BCUT2D eigenvalue weighted by molar-refractivity contribution is 5.83. The average Bonchev–Trinajstić information content (AvgIpc) is 2.20. The van der Waals surface area contributed by atoms with E-state index in [4.69, 9.17) is 0 Å². The lowest BCUT2D eigenvalue weighted by molar-refractivity contribution is -0.124. The Morgan fingerprint density at radius 1 is 1.64 bits per heavy atom. The number of hydrogen-bond donors (Lipinski definition) is 0. The number of rotatable bonds is 0. The van der Waals surface area contributed by atoms with Crippen molar-refractivity contribution in [2.24, 2.45) is 11.3 Å². The fourth-order valence-corrected chi connectivity index (χ4v) is 2.41. The topological polar surface area (TPSA) is 17.1 Å². The summed E-state index contributed by atoms with van der Waals surface area (Å²) in [6.07, 6.45) is 3.88. The van der Waals surface area contributed by atoms with E-state index in [2.05, 4.69) is 13.5 Å². The van der Waals surface area contributed by atoms with Gasteiger partial charge < -0.3 is 0 Å². The van der Waals surface area contributed by atoms with Crippen molar-refractivity contribution in [1.29, 1.82) is 0 Å². The molecular weight excluding hydrogens is 136 g/mol. The SMILES string of the molecule is C=C1CC2CC1(C)CCC2=O. The molecule has 2 rings (SSSR count). The largest absolute Gasteiger partial charge is 0.299 e. The van der Waals surface area contributed by atoms with Crippen molar-refractivity contribution < 1.29 is 4.79 Å². The Morgan fingerprint density at radius 3 is 3.00 bits per heavy atom. The smallest absolute Gasteiger partial charge is 0.136 e. The molecule has 0 aliphatic heterocycles. The molecule has 0 N–H and O–H groups in total. The standard InChI is InChI=1S/C10H14O/c1-7-5-8-6-10(7,2)4-3-9(8)11/h8H,1,3-6H2,2H3. The summed E-state index contributed by atoms with van der Waals surface area (Å²) in [5.41, 5.74) is 1.63. The van der Waals surface area contributed by atoms with Gasteiger partial charge in [0.1, 0.15) is 5.78 Å². The van der Waals surface area contributed by atoms with Crippen LogP contribution in [-0.4, -0.2) is 5.78 Å². The summed E-state index contributed by atoms with van der Waals surface area (Å²) in [6.45, 7) is 6.30. The highest BCUT2D eigenvalue weighted by Gasteiger charge is 2.44. The van der Waals surface area contributed by atoms with Gasteiger partial charge in [0.15, 0.2) is 0 Å². The van der Waals surface area contributed by atoms with Crippen LogP contribution in [0.25, 0.3) is 0 Å². The van der Waals surface area contributed by atoms with Gasteiger partial charge in [-0.05, 0) is 24.7 Å². The minimum absolute atomic E-state index is 0.318. The molecule has 2 aliphatic carbocycles. The van der Waals surface area contributed by atoms with Crippen LogP contribution in [0.1, 0.15) is 32.6 Å². The Hall–Kier alpha value is -0.590. The molecule has 60 valence electrons. The van der Waals surface area contributed by atoms with E-state index in [0.29, 0.717) is 17.1 Å². The van der Waals surface area contributed by atoms with Gasteiger partial charge in [-0.1, -0.05) is 19.1 Å². The fourth-order valence-electron chi connectivity index (χ4n) is 2.41. The van der Waals surface area contributed by atoms with E-state index in [-0.39, 0.29) is 0 Å². The summed E-state index contributed by atoms with van der Waals surface area (Å²) < 4.78 is 0. The summed E-state index contributed by atoms with van der Waals surface area (Å²) in [5, 5.41) is 0. The highest BCUT2D eigenvalue weighted by atomic mass is 16.1. The van der Waals surface area contributed by atoms with Crippen LogP contribution < -0.4 is 0 Å². The summed E-state index contributed by atoms with van der Waals surface area (Å²) in [4.78, 5) is 11.3. The third kappa shape index (κ3) is 0.867. The number of carbonyl (C=O) groups excluding carboxylic acids is 1. The van der Waals surface area contributed by atoms with Gasteiger partial charge in [-0.2, -0.15) is 0 Å². The number of fused-ring (bicyclic) bond motifs is 2. The van der Waals surface area contributed by atoms with Crippen molar-refractivity contribution in [1.82, 2.24) is 0 Å². The first-order chi connectivity index (χ1) is 5.12. The van der Waals surface area contributed by atoms with Crippen LogP contribution in [0.5, 0.6) is 0 Å². The molecule has 1 heteroatoms. The van der Waals surface area contributed by atoms with Crippen LogP contribution in [0.2, 0.25) is 0 Å². The summed E-state index contributed by atoms with van der Waals surface area (Å²) >= 11 is 0. The van der Waals surface area contributed by atoms with Gasteiger partial charge in [0, 0.05) is 12.3 Å². The van der Waals surface area contributed by atoms with Crippen molar-refractivity contribution >= 4 is 5.78 Å². The maximum Gasteiger partial charge on any atom is 0.136 e. The van der Waals surface area contributed by atoms with Crippen LogP contribution in [0.15, 0.2) is 12.2 Å². The monoisotopic (exact) mass is 150 g/mol. The Bertz CT molecular complexity index is 229. The van der Waals surface area contributed by atoms with Crippen molar-refractivity contribution in [3.8, 4) is 0 Å². The highest BCUT2D eigenvalue weighted by Crippen LogP contribution is 2.52. The Balaban J connectivity index is 2.31. The second-order valence-corrected chi connectivity index (χ2v) is 4.24. The Labute approximate surface area is 67.5 Å². The minimum atomic E-state index is 0.318. The van der Waals surface area contributed by atoms with E-state index in [1.807, 2.05) is 0 Å². The van der Waals surface area contributed by atoms with Crippen LogP contribution >= 0.6 is 0 Å². The molecule has 0 radical (unpaired) electrons. The number of ketones is 1. The molecule has 2 saturated carbocycles. The molecule has 0 aromatic heterocycles. The second kappa shape index (κ2) is 1.96. The molecule has 0 amide bonds. The first-order valence-corrected chi connectivity index (χ1v) is 4.33. The molecule has 0 aromatic carbocycles. The summed E-state index contributed by atoms with van der Waals surface area (Å²) in [7, 11) is 0. The maximum atomic E-state index is 11.3. The number of allylic oxidation sites excluding steroid dienone is 1. The van der Waals surface area contributed by atoms with Crippen molar-refractivity contribution in [2.45, 2.75) is 32.6 Å². The van der Waals surface area contributed by atoms with E-state index in [1.165, 1.54) is 5.57 Å². The average molecular weight is 150 g/mol. The van der Waals surface area contributed by atoms with E-state index in [1.54, 1.807) is 0 Å². The first kappa shape index (κ1) is 7.08. The summed E-state index contributed by atoms with van der Waals surface area (Å²) in [6, 6.07) is 0. The number of hydrogen-bond acceptors (Lipinski definition) is 1. The third-order valence-corrected chi connectivity index (χ3v) is 3.42. The zero-order valence-electron chi connectivity index (χ0n) is 7.02. The zero-order chi connectivity index (χ0) is 8.06. The number of carbonyl (C=O) groups is 1. The van der Waals surface area contributed by atoms with E-state index < -0.39 is 0 Å². The second-order valence-electron chi connectivity index (χ2n) is 4.24. The molecule has 0 saturated heterocycles. The lowest BCUT2D eigenvalue weighted by atomic mass is 9.75. The molecule has 2 aliphatic rings. The van der Waals surface area contributed by atoms with Crippen molar-refractivity contribution in [2.75, 3.05) is 0 Å². The Kier molecular flexibility index (Phi) is 1.26. The fraction of sp³-hybridized carbons (Fsp3) is 0.700. The normalized spacial score (nSPS) is 43.2. The van der Waals surface area contributed by atoms with E-state index >= 15 is 0 Å². The Morgan fingerprint density at radius 2 is 2.36 bits per heavy atom. The van der Waals surface area contributed by atoms with Crippen molar-refractivity contribution in [3.05, 3.63) is 12.2 Å². The van der Waals surface area contributed by atoms with Gasteiger partial charge >= 0.3 is 0 Å². The molecule has 1 nitrogen and oxygen atoms in total. The van der Waals surface area contributed by atoms with Gasteiger partial charge in [0.2, 0.25) is 0 Å². The van der Waals surface area contributed by atoms with Gasteiger partial charge in [-0.25, -0.2) is 0 Å². The van der Waals surface area contributed by atoms with E-state index in [9.17, 15) is 4.79 Å². The van der Waals surface area contributed by atoms with Crippen LogP contribution in [0.4, 0.5) is 0 Å². The molecule has 0 heterocycles. The quantitative estimate of drug-likeness (QED) is 0.484. The number of Topliss-reactive ketones (excluding diaryl/α,β-unsaturated/α-hetero) is 1. The lowest BCUT2D eigenvalue weighted by Gasteiger charge is -2.28. The first-order valence-electron chi connectivity index (χ1n) is 4.33. The van der Waals surface area contributed by atoms with Gasteiger partial charge in [0.05, 0.1) is 0 Å². The zero-order valence-corrected chi connectivity index (χ0v) is 7.02. The maximum absolute atomic E-state index is 11.3. The van der Waals surface area contributed by atoms with Gasteiger partial charge in [-0.3, -0.25) is 4.79 Å². The predicted molar refractivity (Wildman–Crippen MR) is 44.2 cm³/mol. The molecule has 0 spiro atoms. The van der Waals surface area contributed by atoms with E-state index in [0.717, 1.165) is 25.7 Å². The van der Waals surface area contributed by atoms with Crippen LogP contribution in [-0.2, 0) is 4.79 Å². The molecule has 2 unspecified atom stereocenters. The van der Waals surface area contributed by atoms with Crippen LogP contribution in [0.3, 0.4) is 0 Å². The predicted octanol–water partition coefficient (Wildman–Crippen LogP) is 2.32. The molecule has 2 atom stereocenters. The molecule has 0 aromatic rings. The van der Waals surface area contributed by atoms with Crippen molar-refractivity contribution in [3.63, 3.8) is 0 Å². The molecular formula is C10H14O. The third-order valence-electron chi connectivity index (χ3n) is 3.42. The van der Waals surface area contributed by atoms with Gasteiger partial charge in [-0.15, -0.1) is 0 Å². The van der Waals surface area contributed by atoms with Crippen LogP contribution in [0, 0.1) is 11.3 Å². The molecule has 2 fully saturated rings.